The molecule has 2 aliphatic rings. The van der Waals surface area contributed by atoms with Crippen molar-refractivity contribution >= 4 is 29.0 Å². The first-order chi connectivity index (χ1) is 18.7. The number of fused-ring (bicyclic) bond motifs is 2. The number of nitrogens with two attached hydrogens (primary N) is 1. The van der Waals surface area contributed by atoms with Crippen molar-refractivity contribution in [3.05, 3.63) is 71.9 Å². The number of imidazole rings is 1. The topological polar surface area (TPSA) is 119 Å². The van der Waals surface area contributed by atoms with E-state index in [2.05, 4.69) is 15.3 Å². The van der Waals surface area contributed by atoms with E-state index < -0.39 is 17.6 Å². The van der Waals surface area contributed by atoms with Crippen molar-refractivity contribution in [1.82, 2.24) is 24.3 Å². The van der Waals surface area contributed by atoms with Crippen LogP contribution in [0.3, 0.4) is 0 Å². The number of benzene rings is 1. The Morgan fingerprint density at radius 2 is 1.85 bits per heavy atom. The summed E-state index contributed by atoms with van der Waals surface area (Å²) in [6, 6.07) is 8.44. The van der Waals surface area contributed by atoms with Gasteiger partial charge < -0.3 is 16.0 Å². The maximum Gasteiger partial charge on any atom is 0.416 e. The molecule has 200 valence electrons. The molecule has 2 saturated heterocycles. The smallest absolute Gasteiger partial charge is 0.382 e. The molecule has 3 aromatic heterocycles. The van der Waals surface area contributed by atoms with Crippen molar-refractivity contribution in [3.8, 4) is 11.3 Å². The van der Waals surface area contributed by atoms with Crippen molar-refractivity contribution in [2.75, 3.05) is 17.6 Å². The lowest BCUT2D eigenvalue weighted by Gasteiger charge is -2.34. The van der Waals surface area contributed by atoms with Crippen LogP contribution >= 0.6 is 0 Å². The van der Waals surface area contributed by atoms with Gasteiger partial charge in [-0.2, -0.15) is 13.2 Å². The highest BCUT2D eigenvalue weighted by Gasteiger charge is 2.38. The Morgan fingerprint density at radius 3 is 2.62 bits per heavy atom. The summed E-state index contributed by atoms with van der Waals surface area (Å²) in [6.07, 6.45) is 3.18. The number of carbonyl (C=O) groups excluding carboxylic acids is 2. The van der Waals surface area contributed by atoms with Crippen molar-refractivity contribution < 1.29 is 22.8 Å². The molecule has 0 radical (unpaired) electrons. The van der Waals surface area contributed by atoms with Crippen LogP contribution in [-0.4, -0.2) is 48.7 Å². The van der Waals surface area contributed by atoms with Crippen molar-refractivity contribution in [1.29, 1.82) is 0 Å². The van der Waals surface area contributed by atoms with Gasteiger partial charge in [0.1, 0.15) is 28.7 Å². The van der Waals surface area contributed by atoms with Gasteiger partial charge in [-0.25, -0.2) is 15.0 Å². The van der Waals surface area contributed by atoms with E-state index >= 15 is 0 Å². The number of rotatable bonds is 4. The Bertz CT molecular complexity index is 1580. The molecule has 0 aliphatic carbocycles. The third-order valence-electron chi connectivity index (χ3n) is 7.44. The zero-order chi connectivity index (χ0) is 27.3. The van der Waals surface area contributed by atoms with Crippen LogP contribution in [0.15, 0.2) is 55.0 Å². The van der Waals surface area contributed by atoms with Crippen LogP contribution in [0.1, 0.15) is 53.3 Å². The highest BCUT2D eigenvalue weighted by molar-refractivity contribution is 6.04. The molecule has 0 bridgehead atoms. The second-order valence-electron chi connectivity index (χ2n) is 9.82. The number of nitrogens with one attached hydrogen (secondary N) is 1. The van der Waals surface area contributed by atoms with Crippen LogP contribution in [-0.2, 0) is 11.0 Å². The van der Waals surface area contributed by atoms with E-state index in [1.54, 1.807) is 36.7 Å². The number of nitrogen functional groups attached to an aromatic ring is 1. The minimum absolute atomic E-state index is 0.0383. The predicted octanol–water partition coefficient (Wildman–Crippen LogP) is 4.51. The summed E-state index contributed by atoms with van der Waals surface area (Å²) in [5, 5.41) is 2.41. The molecule has 5 heterocycles. The van der Waals surface area contributed by atoms with Crippen LogP contribution in [0.25, 0.3) is 16.8 Å². The maximum atomic E-state index is 13.0. The molecule has 0 spiro atoms. The van der Waals surface area contributed by atoms with E-state index in [-0.39, 0.29) is 23.2 Å². The monoisotopic (exact) mass is 535 g/mol. The molecule has 1 unspecified atom stereocenters. The number of pyridine rings is 1. The lowest BCUT2D eigenvalue weighted by Crippen LogP contribution is -2.41. The van der Waals surface area contributed by atoms with Crippen LogP contribution in [0, 0.1) is 0 Å². The maximum absolute atomic E-state index is 13.0. The standard InChI is InChI=1S/C27H24F3N7O2/c28-27(29,30)18-9-10-32-20(13-18)34-26(39)16-3-1-15(2-4-16)22-23-24(31)33-11-12-36(23)25(35-22)17-5-6-19-7-8-21(38)37(19)14-17/h1-4,9-13,17,19H,5-8,14H2,(H2,31,33)(H,32,34,39)/t17-,19?/m0/s1. The average Bonchev–Trinajstić information content (AvgIpc) is 3.50. The van der Waals surface area contributed by atoms with Gasteiger partial charge in [0, 0.05) is 54.6 Å². The zero-order valence-corrected chi connectivity index (χ0v) is 20.7. The first kappa shape index (κ1) is 24.8. The summed E-state index contributed by atoms with van der Waals surface area (Å²) in [4.78, 5) is 40.0. The fourth-order valence-corrected chi connectivity index (χ4v) is 5.50. The van der Waals surface area contributed by atoms with Gasteiger partial charge in [-0.05, 0) is 43.5 Å². The van der Waals surface area contributed by atoms with E-state index in [4.69, 9.17) is 10.7 Å². The van der Waals surface area contributed by atoms with Gasteiger partial charge >= 0.3 is 6.18 Å². The van der Waals surface area contributed by atoms with Gasteiger partial charge in [0.05, 0.1) is 5.56 Å². The van der Waals surface area contributed by atoms with Crippen LogP contribution in [0.4, 0.5) is 24.8 Å². The highest BCUT2D eigenvalue weighted by atomic mass is 19.4. The second-order valence-corrected chi connectivity index (χ2v) is 9.82. The van der Waals surface area contributed by atoms with Crippen molar-refractivity contribution in [2.45, 2.75) is 43.8 Å². The Kier molecular flexibility index (Phi) is 5.96. The van der Waals surface area contributed by atoms with Gasteiger partial charge in [-0.3, -0.25) is 14.0 Å². The fraction of sp³-hybridized carbons (Fsp3) is 0.296. The minimum Gasteiger partial charge on any atom is -0.382 e. The molecule has 3 N–H and O–H groups in total. The van der Waals surface area contributed by atoms with E-state index in [9.17, 15) is 22.8 Å². The number of anilines is 2. The number of carbonyl (C=O) groups is 2. The normalized spacial score (nSPS) is 19.4. The molecular formula is C27H24F3N7O2. The molecule has 6 rings (SSSR count). The van der Waals surface area contributed by atoms with Gasteiger partial charge in [0.15, 0.2) is 0 Å². The lowest BCUT2D eigenvalue weighted by atomic mass is 9.92. The van der Waals surface area contributed by atoms with Crippen LogP contribution in [0.5, 0.6) is 0 Å². The van der Waals surface area contributed by atoms with Crippen molar-refractivity contribution in [2.24, 2.45) is 0 Å². The Labute approximate surface area is 220 Å². The quantitative estimate of drug-likeness (QED) is 0.397. The average molecular weight is 536 g/mol. The number of aromatic nitrogens is 4. The first-order valence-electron chi connectivity index (χ1n) is 12.6. The van der Waals surface area contributed by atoms with Gasteiger partial charge in [0.25, 0.3) is 5.91 Å². The summed E-state index contributed by atoms with van der Waals surface area (Å²) in [7, 11) is 0. The first-order valence-corrected chi connectivity index (χ1v) is 12.6. The number of hydrogen-bond acceptors (Lipinski definition) is 6. The molecule has 39 heavy (non-hydrogen) atoms. The number of halogens is 3. The zero-order valence-electron chi connectivity index (χ0n) is 20.7. The number of amides is 2. The second kappa shape index (κ2) is 9.37. The molecule has 2 fully saturated rings. The molecular weight excluding hydrogens is 511 g/mol. The Balaban J connectivity index is 1.28. The van der Waals surface area contributed by atoms with Gasteiger partial charge in [0.2, 0.25) is 5.91 Å². The predicted molar refractivity (Wildman–Crippen MR) is 137 cm³/mol. The van der Waals surface area contributed by atoms with E-state index in [0.717, 1.165) is 43.4 Å². The van der Waals surface area contributed by atoms with E-state index in [1.165, 1.54) is 0 Å². The van der Waals surface area contributed by atoms with Crippen LogP contribution in [0.2, 0.25) is 0 Å². The number of hydrogen-bond donors (Lipinski definition) is 2. The molecule has 1 aromatic carbocycles. The highest BCUT2D eigenvalue weighted by Crippen LogP contribution is 2.38. The van der Waals surface area contributed by atoms with Gasteiger partial charge in [-0.1, -0.05) is 12.1 Å². The fourth-order valence-electron chi connectivity index (χ4n) is 5.50. The molecule has 2 atom stereocenters. The molecule has 2 amide bonds. The molecule has 4 aromatic rings. The summed E-state index contributed by atoms with van der Waals surface area (Å²) < 4.78 is 40.9. The van der Waals surface area contributed by atoms with E-state index in [1.807, 2.05) is 9.30 Å². The third kappa shape index (κ3) is 4.55. The third-order valence-corrected chi connectivity index (χ3v) is 7.44. The van der Waals surface area contributed by atoms with Gasteiger partial charge in [-0.15, -0.1) is 0 Å². The summed E-state index contributed by atoms with van der Waals surface area (Å²) in [5.41, 5.74) is 7.51. The van der Waals surface area contributed by atoms with Crippen LogP contribution < -0.4 is 11.1 Å². The summed E-state index contributed by atoms with van der Waals surface area (Å²) in [5.74, 6) is 0.516. The summed E-state index contributed by atoms with van der Waals surface area (Å²) >= 11 is 0. The molecule has 0 saturated carbocycles. The largest absolute Gasteiger partial charge is 0.416 e. The lowest BCUT2D eigenvalue weighted by molar-refractivity contribution is -0.137. The molecule has 12 heteroatoms. The number of piperidine rings is 1. The SMILES string of the molecule is Nc1nccn2c([C@H]3CCC4CCC(=O)N4C3)nc(-c3ccc(C(=O)Nc4cc(C(F)(F)F)ccn4)cc3)c12. The Hall–Kier alpha value is -4.48. The Morgan fingerprint density at radius 1 is 1.05 bits per heavy atom. The minimum atomic E-state index is -4.55. The molecule has 9 nitrogen and oxygen atoms in total. The summed E-state index contributed by atoms with van der Waals surface area (Å²) in [6.45, 7) is 0.604. The van der Waals surface area contributed by atoms with Crippen molar-refractivity contribution in [3.63, 3.8) is 0 Å². The number of alkyl halides is 3. The molecule has 2 aliphatic heterocycles. The van der Waals surface area contributed by atoms with E-state index in [0.29, 0.717) is 41.6 Å². The number of nitrogens with zero attached hydrogens (tertiary/aromatic N) is 5.